The molecule has 0 fully saturated rings. The van der Waals surface area contributed by atoms with Gasteiger partial charge in [-0.2, -0.15) is 5.26 Å². The normalized spacial score (nSPS) is 13.4. The molecule has 1 rings (SSSR count). The molecule has 6 nitrogen and oxygen atoms in total. The van der Waals surface area contributed by atoms with Crippen molar-refractivity contribution in [3.05, 3.63) is 32.3 Å². The van der Waals surface area contributed by atoms with Crippen LogP contribution in [0.5, 0.6) is 5.75 Å². The molecule has 102 valence electrons. The summed E-state index contributed by atoms with van der Waals surface area (Å²) in [6.45, 7) is 3.21. The van der Waals surface area contributed by atoms with Crippen molar-refractivity contribution in [3.63, 3.8) is 0 Å². The lowest BCUT2D eigenvalue weighted by Crippen LogP contribution is -2.15. The van der Waals surface area contributed by atoms with Crippen LogP contribution >= 0.6 is 15.9 Å². The maximum absolute atomic E-state index is 11.0. The predicted octanol–water partition coefficient (Wildman–Crippen LogP) is 3.09. The average Bonchev–Trinajstić information content (AvgIpc) is 2.36. The third kappa shape index (κ3) is 3.66. The summed E-state index contributed by atoms with van der Waals surface area (Å²) in [5, 5.41) is 29.6. The number of ether oxygens (including phenoxy) is 1. The largest absolute Gasteiger partial charge is 0.468 e. The first-order chi connectivity index (χ1) is 8.90. The van der Waals surface area contributed by atoms with Gasteiger partial charge >= 0.3 is 5.69 Å². The summed E-state index contributed by atoms with van der Waals surface area (Å²) in [6.07, 6.45) is -1.34. The highest BCUT2D eigenvalue weighted by molar-refractivity contribution is 9.10. The Labute approximate surface area is 118 Å². The Balaban J connectivity index is 3.39. The van der Waals surface area contributed by atoms with Gasteiger partial charge in [0.25, 0.3) is 0 Å². The summed E-state index contributed by atoms with van der Waals surface area (Å²) >= 11 is 3.15. The summed E-state index contributed by atoms with van der Waals surface area (Å²) in [7, 11) is 0. The van der Waals surface area contributed by atoms with Gasteiger partial charge in [0.1, 0.15) is 6.07 Å². The molecule has 0 aliphatic rings. The first-order valence-corrected chi connectivity index (χ1v) is 6.42. The molecule has 0 amide bonds. The Morgan fingerprint density at radius 2 is 2.26 bits per heavy atom. The molecule has 0 aliphatic carbocycles. The quantitative estimate of drug-likeness (QED) is 0.661. The molecule has 0 saturated carbocycles. The van der Waals surface area contributed by atoms with Gasteiger partial charge in [-0.15, -0.1) is 0 Å². The van der Waals surface area contributed by atoms with E-state index in [1.807, 2.05) is 6.07 Å². The van der Waals surface area contributed by atoms with E-state index in [-0.39, 0.29) is 17.0 Å². The molecule has 1 N–H and O–H groups in total. The number of benzene rings is 1. The van der Waals surface area contributed by atoms with Crippen molar-refractivity contribution < 1.29 is 14.8 Å². The molecular weight excluding hydrogens is 316 g/mol. The fourth-order valence-electron chi connectivity index (χ4n) is 1.52. The van der Waals surface area contributed by atoms with Gasteiger partial charge < -0.3 is 9.84 Å². The summed E-state index contributed by atoms with van der Waals surface area (Å²) in [4.78, 5) is 10.4. The number of hydrogen-bond acceptors (Lipinski definition) is 5. The second kappa shape index (κ2) is 6.50. The highest BCUT2D eigenvalue weighted by Crippen LogP contribution is 2.38. The number of aliphatic hydroxyl groups is 1. The molecule has 0 radical (unpaired) electrons. The predicted molar refractivity (Wildman–Crippen MR) is 71.8 cm³/mol. The van der Waals surface area contributed by atoms with E-state index in [0.717, 1.165) is 0 Å². The van der Waals surface area contributed by atoms with Gasteiger partial charge in [-0.05, 0) is 19.4 Å². The highest BCUT2D eigenvalue weighted by Gasteiger charge is 2.25. The topological polar surface area (TPSA) is 96.4 Å². The summed E-state index contributed by atoms with van der Waals surface area (Å²) in [6, 6.07) is 4.73. The molecule has 7 heteroatoms. The Hall–Kier alpha value is -1.65. The van der Waals surface area contributed by atoms with Gasteiger partial charge in [-0.25, -0.2) is 0 Å². The lowest BCUT2D eigenvalue weighted by molar-refractivity contribution is -0.386. The molecule has 0 saturated heterocycles. The molecule has 1 aromatic carbocycles. The number of nitro benzene ring substituents is 1. The highest BCUT2D eigenvalue weighted by atomic mass is 79.9. The fourth-order valence-corrected chi connectivity index (χ4v) is 1.98. The first kappa shape index (κ1) is 15.4. The van der Waals surface area contributed by atoms with Gasteiger partial charge in [0, 0.05) is 16.1 Å². The van der Waals surface area contributed by atoms with E-state index in [9.17, 15) is 15.2 Å². The van der Waals surface area contributed by atoms with Crippen molar-refractivity contribution in [2.24, 2.45) is 0 Å². The molecule has 0 aromatic heterocycles. The molecule has 2 unspecified atom stereocenters. The SMILES string of the molecule is CCC(C#N)Oc1c(C(C)O)cc(Br)cc1[N+](=O)[O-]. The molecule has 2 atom stereocenters. The summed E-state index contributed by atoms with van der Waals surface area (Å²) in [5.74, 6) is -0.0587. The van der Waals surface area contributed by atoms with Crippen molar-refractivity contribution in [2.45, 2.75) is 32.5 Å². The number of nitro groups is 1. The zero-order valence-corrected chi connectivity index (χ0v) is 12.0. The second-order valence-electron chi connectivity index (χ2n) is 3.92. The second-order valence-corrected chi connectivity index (χ2v) is 4.84. The fraction of sp³-hybridized carbons (Fsp3) is 0.417. The standard InChI is InChI=1S/C12H13BrN2O4/c1-3-9(6-14)19-12-10(7(2)16)4-8(13)5-11(12)15(17)18/h4-5,7,9,16H,3H2,1-2H3. The lowest BCUT2D eigenvalue weighted by atomic mass is 10.1. The minimum absolute atomic E-state index is 0.0587. The number of hydrogen-bond donors (Lipinski definition) is 1. The van der Waals surface area contributed by atoms with Crippen molar-refractivity contribution >= 4 is 21.6 Å². The van der Waals surface area contributed by atoms with Gasteiger partial charge in [0.15, 0.2) is 6.10 Å². The molecule has 0 heterocycles. The molecular formula is C12H13BrN2O4. The maximum atomic E-state index is 11.0. The lowest BCUT2D eigenvalue weighted by Gasteiger charge is -2.16. The molecule has 1 aromatic rings. The third-order valence-corrected chi connectivity index (χ3v) is 2.94. The first-order valence-electron chi connectivity index (χ1n) is 5.62. The summed E-state index contributed by atoms with van der Waals surface area (Å²) in [5.41, 5.74) is -0.00579. The van der Waals surface area contributed by atoms with E-state index >= 15 is 0 Å². The van der Waals surface area contributed by atoms with E-state index in [0.29, 0.717) is 10.9 Å². The van der Waals surface area contributed by atoms with Crippen LogP contribution in [0.25, 0.3) is 0 Å². The number of nitriles is 1. The number of halogens is 1. The Kier molecular flexibility index (Phi) is 5.27. The van der Waals surface area contributed by atoms with Crippen molar-refractivity contribution in [3.8, 4) is 11.8 Å². The minimum Gasteiger partial charge on any atom is -0.468 e. The minimum atomic E-state index is -0.942. The van der Waals surface area contributed by atoms with E-state index in [1.165, 1.54) is 19.1 Å². The van der Waals surface area contributed by atoms with Gasteiger partial charge in [0.05, 0.1) is 11.0 Å². The molecule has 0 aliphatic heterocycles. The van der Waals surface area contributed by atoms with Crippen LogP contribution in [0.15, 0.2) is 16.6 Å². The Bertz CT molecular complexity index is 525. The van der Waals surface area contributed by atoms with Crippen LogP contribution in [0, 0.1) is 21.4 Å². The average molecular weight is 329 g/mol. The molecule has 0 bridgehead atoms. The number of rotatable bonds is 5. The van der Waals surface area contributed by atoms with E-state index < -0.39 is 17.1 Å². The van der Waals surface area contributed by atoms with Crippen LogP contribution in [0.2, 0.25) is 0 Å². The van der Waals surface area contributed by atoms with Gasteiger partial charge in [-0.3, -0.25) is 10.1 Å². The molecule has 0 spiro atoms. The zero-order chi connectivity index (χ0) is 14.6. The maximum Gasteiger partial charge on any atom is 0.312 e. The van der Waals surface area contributed by atoms with Crippen LogP contribution in [-0.2, 0) is 0 Å². The van der Waals surface area contributed by atoms with E-state index in [4.69, 9.17) is 10.00 Å². The zero-order valence-electron chi connectivity index (χ0n) is 10.5. The van der Waals surface area contributed by atoms with Gasteiger partial charge in [0.2, 0.25) is 5.75 Å². The Morgan fingerprint density at radius 3 is 2.68 bits per heavy atom. The van der Waals surface area contributed by atoms with Crippen LogP contribution in [0.1, 0.15) is 31.9 Å². The monoisotopic (exact) mass is 328 g/mol. The Morgan fingerprint density at radius 1 is 1.63 bits per heavy atom. The molecule has 19 heavy (non-hydrogen) atoms. The number of nitrogens with zero attached hydrogens (tertiary/aromatic N) is 2. The smallest absolute Gasteiger partial charge is 0.312 e. The summed E-state index contributed by atoms with van der Waals surface area (Å²) < 4.78 is 5.83. The van der Waals surface area contributed by atoms with Crippen molar-refractivity contribution in [1.82, 2.24) is 0 Å². The van der Waals surface area contributed by atoms with Crippen LogP contribution in [-0.4, -0.2) is 16.1 Å². The number of aliphatic hydroxyl groups excluding tert-OH is 1. The van der Waals surface area contributed by atoms with Crippen LogP contribution in [0.3, 0.4) is 0 Å². The van der Waals surface area contributed by atoms with Crippen LogP contribution in [0.4, 0.5) is 5.69 Å². The third-order valence-electron chi connectivity index (χ3n) is 2.48. The van der Waals surface area contributed by atoms with Crippen LogP contribution < -0.4 is 4.74 Å². The van der Waals surface area contributed by atoms with Gasteiger partial charge in [-0.1, -0.05) is 22.9 Å². The van der Waals surface area contributed by atoms with E-state index in [1.54, 1.807) is 6.92 Å². The van der Waals surface area contributed by atoms with Crippen molar-refractivity contribution in [2.75, 3.05) is 0 Å². The van der Waals surface area contributed by atoms with Crippen molar-refractivity contribution in [1.29, 1.82) is 5.26 Å². The van der Waals surface area contributed by atoms with E-state index in [2.05, 4.69) is 15.9 Å².